The first kappa shape index (κ1) is 30.3. The third-order valence-corrected chi connectivity index (χ3v) is 10.6. The SMILES string of the molecule is CC12C(=O)N(c3ccc(F)c(Cl)c3)C(=O)C1CC1C(=CCC3C(=O)N(Cc4ccccc4)C(=O)C31)C2c1ccc(OCCO)cc1. The first-order chi connectivity index (χ1) is 22.1. The summed E-state index contributed by atoms with van der Waals surface area (Å²) >= 11 is 6.08. The first-order valence-corrected chi connectivity index (χ1v) is 15.8. The van der Waals surface area contributed by atoms with Gasteiger partial charge in [-0.05, 0) is 67.1 Å². The summed E-state index contributed by atoms with van der Waals surface area (Å²) in [6, 6.07) is 20.3. The van der Waals surface area contributed by atoms with E-state index in [2.05, 4.69) is 0 Å². The summed E-state index contributed by atoms with van der Waals surface area (Å²) in [7, 11) is 0. The van der Waals surface area contributed by atoms with Crippen LogP contribution in [0.25, 0.3) is 0 Å². The van der Waals surface area contributed by atoms with E-state index in [1.807, 2.05) is 48.5 Å². The fourth-order valence-corrected chi connectivity index (χ4v) is 8.35. The molecule has 2 aliphatic carbocycles. The molecular formula is C36H32ClFN2O6. The van der Waals surface area contributed by atoms with Crippen molar-refractivity contribution in [3.63, 3.8) is 0 Å². The number of aliphatic hydroxyl groups excluding tert-OH is 1. The molecule has 46 heavy (non-hydrogen) atoms. The lowest BCUT2D eigenvalue weighted by atomic mass is 9.51. The molecule has 0 aromatic heterocycles. The van der Waals surface area contributed by atoms with Crippen LogP contribution in [0.5, 0.6) is 5.75 Å². The summed E-state index contributed by atoms with van der Waals surface area (Å²) in [5, 5.41) is 8.98. The lowest BCUT2D eigenvalue weighted by Crippen LogP contribution is -2.48. The fraction of sp³-hybridized carbons (Fsp3) is 0.333. The van der Waals surface area contributed by atoms with Gasteiger partial charge in [0.2, 0.25) is 23.6 Å². The molecule has 236 valence electrons. The van der Waals surface area contributed by atoms with Gasteiger partial charge in [-0.2, -0.15) is 0 Å². The van der Waals surface area contributed by atoms with Gasteiger partial charge < -0.3 is 9.84 Å². The molecule has 2 saturated heterocycles. The Morgan fingerprint density at radius 3 is 2.39 bits per heavy atom. The van der Waals surface area contributed by atoms with E-state index in [4.69, 9.17) is 16.3 Å². The van der Waals surface area contributed by atoms with Gasteiger partial charge in [-0.1, -0.05) is 65.7 Å². The van der Waals surface area contributed by atoms with Gasteiger partial charge in [0.25, 0.3) is 0 Å². The van der Waals surface area contributed by atoms with E-state index in [-0.39, 0.29) is 48.7 Å². The normalized spacial score (nSPS) is 28.6. The van der Waals surface area contributed by atoms with Gasteiger partial charge in [-0.25, -0.2) is 9.29 Å². The van der Waals surface area contributed by atoms with Crippen LogP contribution in [0.2, 0.25) is 5.02 Å². The predicted molar refractivity (Wildman–Crippen MR) is 167 cm³/mol. The van der Waals surface area contributed by atoms with Crippen molar-refractivity contribution in [2.45, 2.75) is 32.2 Å². The number of imide groups is 2. The lowest BCUT2D eigenvalue weighted by Gasteiger charge is -2.49. The largest absolute Gasteiger partial charge is 0.491 e. The second kappa shape index (κ2) is 11.5. The summed E-state index contributed by atoms with van der Waals surface area (Å²) in [6.45, 7) is 1.94. The van der Waals surface area contributed by atoms with Gasteiger partial charge in [0.15, 0.2) is 0 Å². The van der Waals surface area contributed by atoms with Crippen LogP contribution in [-0.2, 0) is 25.7 Å². The number of allylic oxidation sites excluding steroid dienone is 2. The van der Waals surface area contributed by atoms with Crippen LogP contribution in [0.3, 0.4) is 0 Å². The molecule has 0 bridgehead atoms. The summed E-state index contributed by atoms with van der Waals surface area (Å²) < 4.78 is 19.7. The number of hydrogen-bond acceptors (Lipinski definition) is 6. The number of carbonyl (C=O) groups is 4. The monoisotopic (exact) mass is 642 g/mol. The van der Waals surface area contributed by atoms with Gasteiger partial charge in [0, 0.05) is 5.92 Å². The second-order valence-corrected chi connectivity index (χ2v) is 13.1. The molecule has 8 nitrogen and oxygen atoms in total. The van der Waals surface area contributed by atoms with Gasteiger partial charge in [0.05, 0.1) is 47.0 Å². The highest BCUT2D eigenvalue weighted by atomic mass is 35.5. The number of carbonyl (C=O) groups excluding carboxylic acids is 4. The maximum atomic E-state index is 14.5. The van der Waals surface area contributed by atoms with Crippen molar-refractivity contribution in [2.75, 3.05) is 18.1 Å². The summed E-state index contributed by atoms with van der Waals surface area (Å²) in [6.07, 6.45) is 2.56. The van der Waals surface area contributed by atoms with Crippen molar-refractivity contribution in [1.82, 2.24) is 4.90 Å². The van der Waals surface area contributed by atoms with Gasteiger partial charge in [0.1, 0.15) is 18.2 Å². The number of fused-ring (bicyclic) bond motifs is 4. The Bertz CT molecular complexity index is 1780. The van der Waals surface area contributed by atoms with Crippen molar-refractivity contribution in [1.29, 1.82) is 0 Å². The summed E-state index contributed by atoms with van der Waals surface area (Å²) in [5.74, 6) is -4.55. The maximum Gasteiger partial charge on any atom is 0.241 e. The third-order valence-electron chi connectivity index (χ3n) is 10.3. The van der Waals surface area contributed by atoms with Crippen molar-refractivity contribution in [3.05, 3.63) is 106 Å². The van der Waals surface area contributed by atoms with Crippen molar-refractivity contribution >= 4 is 40.9 Å². The number of hydrogen-bond donors (Lipinski definition) is 1. The molecule has 6 atom stereocenters. The number of benzene rings is 3. The number of rotatable bonds is 7. The molecule has 2 heterocycles. The zero-order valence-corrected chi connectivity index (χ0v) is 25.8. The Kier molecular flexibility index (Phi) is 7.56. The number of likely N-dealkylation sites (tertiary alicyclic amines) is 1. The molecule has 3 aromatic carbocycles. The van der Waals surface area contributed by atoms with E-state index in [1.54, 1.807) is 19.1 Å². The van der Waals surface area contributed by atoms with Crippen molar-refractivity contribution < 1.29 is 33.4 Å². The number of halogens is 2. The number of nitrogens with zero attached hydrogens (tertiary/aromatic N) is 2. The van der Waals surface area contributed by atoms with Crippen LogP contribution in [0.1, 0.15) is 36.8 Å². The average Bonchev–Trinajstić information content (AvgIpc) is 3.41. The Morgan fingerprint density at radius 2 is 1.70 bits per heavy atom. The zero-order chi connectivity index (χ0) is 32.3. The highest BCUT2D eigenvalue weighted by molar-refractivity contribution is 6.31. The highest BCUT2D eigenvalue weighted by Crippen LogP contribution is 2.63. The Hall–Kier alpha value is -4.34. The Labute approximate surface area is 270 Å². The minimum atomic E-state index is -1.24. The van der Waals surface area contributed by atoms with E-state index in [1.165, 1.54) is 17.0 Å². The molecule has 4 aliphatic rings. The number of anilines is 1. The van der Waals surface area contributed by atoms with Gasteiger partial charge in [-0.15, -0.1) is 0 Å². The zero-order valence-electron chi connectivity index (χ0n) is 25.1. The van der Waals surface area contributed by atoms with E-state index < -0.39 is 52.6 Å². The third kappa shape index (κ3) is 4.59. The second-order valence-electron chi connectivity index (χ2n) is 12.6. The van der Waals surface area contributed by atoms with Crippen LogP contribution in [-0.4, -0.2) is 46.8 Å². The molecule has 0 spiro atoms. The molecular weight excluding hydrogens is 611 g/mol. The molecule has 3 aromatic rings. The molecule has 6 unspecified atom stereocenters. The number of aliphatic hydroxyl groups is 1. The van der Waals surface area contributed by atoms with Gasteiger partial charge in [-0.3, -0.25) is 24.1 Å². The maximum absolute atomic E-state index is 14.5. The van der Waals surface area contributed by atoms with E-state index in [0.717, 1.165) is 27.7 Å². The van der Waals surface area contributed by atoms with Crippen LogP contribution >= 0.6 is 11.6 Å². The van der Waals surface area contributed by atoms with E-state index in [9.17, 15) is 28.7 Å². The quantitative estimate of drug-likeness (QED) is 0.278. The molecule has 10 heteroatoms. The average molecular weight is 643 g/mol. The molecule has 1 N–H and O–H groups in total. The Balaban J connectivity index is 1.31. The summed E-state index contributed by atoms with van der Waals surface area (Å²) in [5.41, 5.74) is 1.41. The molecule has 7 rings (SSSR count). The smallest absolute Gasteiger partial charge is 0.241 e. The van der Waals surface area contributed by atoms with Crippen LogP contribution in [0.4, 0.5) is 10.1 Å². The predicted octanol–water partition coefficient (Wildman–Crippen LogP) is 5.28. The van der Waals surface area contributed by atoms with Crippen LogP contribution in [0, 0.1) is 34.9 Å². The minimum absolute atomic E-state index is 0.122. The molecule has 3 fully saturated rings. The first-order valence-electron chi connectivity index (χ1n) is 15.4. The van der Waals surface area contributed by atoms with Crippen LogP contribution in [0.15, 0.2) is 84.4 Å². The molecule has 2 aliphatic heterocycles. The number of amides is 4. The lowest BCUT2D eigenvalue weighted by molar-refractivity contribution is -0.141. The van der Waals surface area contributed by atoms with Crippen LogP contribution < -0.4 is 9.64 Å². The van der Waals surface area contributed by atoms with Gasteiger partial charge >= 0.3 is 0 Å². The Morgan fingerprint density at radius 1 is 0.957 bits per heavy atom. The summed E-state index contributed by atoms with van der Waals surface area (Å²) in [4.78, 5) is 59.0. The topological polar surface area (TPSA) is 104 Å². The highest BCUT2D eigenvalue weighted by Gasteiger charge is 2.67. The molecule has 4 amide bonds. The minimum Gasteiger partial charge on any atom is -0.491 e. The standard InChI is InChI=1S/C36H32ClFN2O6/c1-36-27(33(43)40(35(36)45)22-9-14-29(38)28(37)17-22)18-26-24(31(36)21-7-10-23(11-8-21)46-16-15-41)12-13-25-30(26)34(44)39(32(25)42)19-20-5-3-2-4-6-20/h2-12,14,17,25-27,30-31,41H,13,15-16,18-19H2,1H3. The van der Waals surface area contributed by atoms with E-state index >= 15 is 0 Å². The van der Waals surface area contributed by atoms with Crippen molar-refractivity contribution in [3.8, 4) is 5.75 Å². The number of ether oxygens (including phenoxy) is 1. The molecule has 1 saturated carbocycles. The molecule has 0 radical (unpaired) electrons. The fourth-order valence-electron chi connectivity index (χ4n) is 8.17. The van der Waals surface area contributed by atoms with E-state index in [0.29, 0.717) is 12.2 Å². The van der Waals surface area contributed by atoms with Crippen molar-refractivity contribution in [2.24, 2.45) is 29.1 Å².